The number of carbonyl (C=O) groups is 2. The summed E-state index contributed by atoms with van der Waals surface area (Å²) >= 11 is 6.18. The molecule has 0 atom stereocenters. The van der Waals surface area contributed by atoms with E-state index in [0.717, 1.165) is 11.3 Å². The Morgan fingerprint density at radius 3 is 2.52 bits per heavy atom. The fourth-order valence-corrected chi connectivity index (χ4v) is 4.15. The molecule has 0 unspecified atom stereocenters. The fraction of sp³-hybridized carbons (Fsp3) is 0.333. The van der Waals surface area contributed by atoms with Gasteiger partial charge in [0.1, 0.15) is 0 Å². The minimum atomic E-state index is -0.335. The Morgan fingerprint density at radius 2 is 1.74 bits per heavy atom. The Morgan fingerprint density at radius 1 is 1.04 bits per heavy atom. The summed E-state index contributed by atoms with van der Waals surface area (Å²) in [5, 5.41) is 7.11. The topological polar surface area (TPSA) is 61.4 Å². The van der Waals surface area contributed by atoms with Crippen LogP contribution in [0.4, 0.5) is 5.69 Å². The van der Waals surface area contributed by atoms with Crippen molar-refractivity contribution < 1.29 is 9.59 Å². The maximum Gasteiger partial charge on any atom is 0.255 e. The number of benzene rings is 2. The van der Waals surface area contributed by atoms with Gasteiger partial charge >= 0.3 is 0 Å². The fourth-order valence-electron chi connectivity index (χ4n) is 3.93. The number of hydrogen-bond donors (Lipinski definition) is 2. The highest BCUT2D eigenvalue weighted by Gasteiger charge is 2.39. The first-order valence-electron chi connectivity index (χ1n) is 9.23. The molecule has 0 saturated carbocycles. The second kappa shape index (κ2) is 7.24. The summed E-state index contributed by atoms with van der Waals surface area (Å²) in [6.45, 7) is 1.72. The van der Waals surface area contributed by atoms with Gasteiger partial charge in [-0.25, -0.2) is 0 Å². The Labute approximate surface area is 163 Å². The number of fused-ring (bicyclic) bond motifs is 1. The molecule has 2 aromatic rings. The lowest BCUT2D eigenvalue weighted by molar-refractivity contribution is -0.122. The van der Waals surface area contributed by atoms with Gasteiger partial charge in [-0.05, 0) is 36.6 Å². The zero-order valence-electron chi connectivity index (χ0n) is 15.0. The lowest BCUT2D eigenvalue weighted by atomic mass is 9.82. The van der Waals surface area contributed by atoms with Gasteiger partial charge in [0, 0.05) is 37.3 Å². The summed E-state index contributed by atoms with van der Waals surface area (Å²) in [7, 11) is 0. The van der Waals surface area contributed by atoms with Crippen LogP contribution in [0, 0.1) is 0 Å². The summed E-state index contributed by atoms with van der Waals surface area (Å²) in [6, 6.07) is 15.2. The van der Waals surface area contributed by atoms with Crippen LogP contribution in [0.25, 0.3) is 0 Å². The smallest absolute Gasteiger partial charge is 0.255 e. The summed E-state index contributed by atoms with van der Waals surface area (Å²) in [5.74, 6) is -0.00553. The first-order valence-corrected chi connectivity index (χ1v) is 9.61. The predicted octanol–water partition coefficient (Wildman–Crippen LogP) is 3.45. The average Bonchev–Trinajstić information content (AvgIpc) is 2.67. The van der Waals surface area contributed by atoms with E-state index < -0.39 is 0 Å². The molecule has 4 rings (SSSR count). The van der Waals surface area contributed by atoms with E-state index in [9.17, 15) is 9.59 Å². The second-order valence-corrected chi connectivity index (χ2v) is 7.70. The molecule has 0 aromatic heterocycles. The molecule has 6 heteroatoms. The van der Waals surface area contributed by atoms with Gasteiger partial charge in [-0.1, -0.05) is 41.9 Å². The molecule has 1 spiro atoms. The molecular formula is C21H22ClN3O2. The van der Waals surface area contributed by atoms with Crippen molar-refractivity contribution in [2.24, 2.45) is 0 Å². The Kier molecular flexibility index (Phi) is 4.79. The van der Waals surface area contributed by atoms with Crippen LogP contribution in [0.2, 0.25) is 5.02 Å². The maximum absolute atomic E-state index is 12.8. The Bertz CT molecular complexity index is 875. The SMILES string of the molecule is O=C1CC2(CCN(C(=O)c3ccccc3Cl)CC2)Nc2ccccc2CN1. The van der Waals surface area contributed by atoms with Crippen LogP contribution in [-0.2, 0) is 11.3 Å². The summed E-state index contributed by atoms with van der Waals surface area (Å²) in [6.07, 6.45) is 1.84. The lowest BCUT2D eigenvalue weighted by Crippen LogP contribution is -2.53. The number of halogens is 1. The van der Waals surface area contributed by atoms with Gasteiger partial charge in [0.15, 0.2) is 0 Å². The number of likely N-dealkylation sites (tertiary alicyclic amines) is 1. The molecular weight excluding hydrogens is 362 g/mol. The van der Waals surface area contributed by atoms with Gasteiger partial charge in [-0.3, -0.25) is 9.59 Å². The van der Waals surface area contributed by atoms with E-state index in [1.165, 1.54) is 0 Å². The molecule has 0 aliphatic carbocycles. The van der Waals surface area contributed by atoms with E-state index in [2.05, 4.69) is 16.7 Å². The number of nitrogens with one attached hydrogen (secondary N) is 2. The van der Waals surface area contributed by atoms with E-state index >= 15 is 0 Å². The van der Waals surface area contributed by atoms with Gasteiger partial charge in [-0.15, -0.1) is 0 Å². The molecule has 1 saturated heterocycles. The van der Waals surface area contributed by atoms with E-state index in [1.807, 2.05) is 35.2 Å². The molecule has 27 heavy (non-hydrogen) atoms. The van der Waals surface area contributed by atoms with Crippen molar-refractivity contribution in [2.45, 2.75) is 31.3 Å². The normalized spacial score (nSPS) is 18.7. The predicted molar refractivity (Wildman–Crippen MR) is 106 cm³/mol. The number of carbonyl (C=O) groups excluding carboxylic acids is 2. The molecule has 140 valence electrons. The molecule has 0 bridgehead atoms. The third kappa shape index (κ3) is 3.65. The molecule has 2 heterocycles. The van der Waals surface area contributed by atoms with Crippen molar-refractivity contribution in [1.82, 2.24) is 10.2 Å². The minimum Gasteiger partial charge on any atom is -0.379 e. The van der Waals surface area contributed by atoms with Crippen LogP contribution in [0.1, 0.15) is 35.2 Å². The summed E-state index contributed by atoms with van der Waals surface area (Å²) in [4.78, 5) is 27.0. The summed E-state index contributed by atoms with van der Waals surface area (Å²) < 4.78 is 0. The van der Waals surface area contributed by atoms with Crippen LogP contribution in [0.5, 0.6) is 0 Å². The van der Waals surface area contributed by atoms with Crippen molar-refractivity contribution >= 4 is 29.1 Å². The average molecular weight is 384 g/mol. The summed E-state index contributed by atoms with van der Waals surface area (Å²) in [5.41, 5.74) is 2.34. The van der Waals surface area contributed by atoms with Gasteiger partial charge in [0.25, 0.3) is 5.91 Å². The molecule has 5 nitrogen and oxygen atoms in total. The van der Waals surface area contributed by atoms with Gasteiger partial charge < -0.3 is 15.5 Å². The molecule has 2 aliphatic rings. The number of para-hydroxylation sites is 1. The quantitative estimate of drug-likeness (QED) is 0.792. The van der Waals surface area contributed by atoms with Crippen molar-refractivity contribution in [2.75, 3.05) is 18.4 Å². The molecule has 2 aromatic carbocycles. The number of anilines is 1. The highest BCUT2D eigenvalue weighted by molar-refractivity contribution is 6.33. The zero-order valence-corrected chi connectivity index (χ0v) is 15.8. The second-order valence-electron chi connectivity index (χ2n) is 7.29. The monoisotopic (exact) mass is 383 g/mol. The molecule has 0 radical (unpaired) electrons. The van der Waals surface area contributed by atoms with Gasteiger partial charge in [0.05, 0.1) is 10.6 Å². The highest BCUT2D eigenvalue weighted by atomic mass is 35.5. The number of piperidine rings is 1. The van der Waals surface area contributed by atoms with E-state index in [1.54, 1.807) is 12.1 Å². The first-order chi connectivity index (χ1) is 13.1. The molecule has 2 amide bonds. The zero-order chi connectivity index (χ0) is 18.9. The third-order valence-electron chi connectivity index (χ3n) is 5.50. The molecule has 2 N–H and O–H groups in total. The maximum atomic E-state index is 12.8. The Balaban J connectivity index is 1.53. The van der Waals surface area contributed by atoms with Crippen LogP contribution < -0.4 is 10.6 Å². The Hall–Kier alpha value is -2.53. The van der Waals surface area contributed by atoms with E-state index in [0.29, 0.717) is 49.5 Å². The van der Waals surface area contributed by atoms with Crippen LogP contribution in [0.15, 0.2) is 48.5 Å². The standard InChI is InChI=1S/C21H22ClN3O2/c22-17-7-3-2-6-16(17)20(27)25-11-9-21(10-12-25)13-19(26)23-14-15-5-1-4-8-18(15)24-21/h1-8,24H,9-14H2,(H,23,26). The van der Waals surface area contributed by atoms with Crippen molar-refractivity contribution in [3.63, 3.8) is 0 Å². The van der Waals surface area contributed by atoms with Crippen LogP contribution in [-0.4, -0.2) is 35.3 Å². The number of amides is 2. The largest absolute Gasteiger partial charge is 0.379 e. The van der Waals surface area contributed by atoms with E-state index in [-0.39, 0.29) is 17.4 Å². The number of hydrogen-bond acceptors (Lipinski definition) is 3. The van der Waals surface area contributed by atoms with Crippen LogP contribution >= 0.6 is 11.6 Å². The number of nitrogens with zero attached hydrogens (tertiary/aromatic N) is 1. The minimum absolute atomic E-state index is 0.0443. The van der Waals surface area contributed by atoms with Crippen molar-refractivity contribution in [3.05, 3.63) is 64.7 Å². The van der Waals surface area contributed by atoms with Crippen LogP contribution in [0.3, 0.4) is 0 Å². The third-order valence-corrected chi connectivity index (χ3v) is 5.83. The molecule has 2 aliphatic heterocycles. The highest BCUT2D eigenvalue weighted by Crippen LogP contribution is 2.33. The van der Waals surface area contributed by atoms with Crippen molar-refractivity contribution in [1.29, 1.82) is 0 Å². The van der Waals surface area contributed by atoms with Crippen molar-refractivity contribution in [3.8, 4) is 0 Å². The van der Waals surface area contributed by atoms with E-state index in [4.69, 9.17) is 11.6 Å². The molecule has 1 fully saturated rings. The first kappa shape index (κ1) is 17.9. The van der Waals surface area contributed by atoms with Gasteiger partial charge in [-0.2, -0.15) is 0 Å². The van der Waals surface area contributed by atoms with Gasteiger partial charge in [0.2, 0.25) is 5.91 Å². The lowest BCUT2D eigenvalue weighted by Gasteiger charge is -2.44. The number of rotatable bonds is 1.